The molecule has 0 aliphatic heterocycles. The van der Waals surface area contributed by atoms with Gasteiger partial charge in [-0.3, -0.25) is 4.98 Å². The molecule has 2 aromatic carbocycles. The van der Waals surface area contributed by atoms with Crippen LogP contribution < -0.4 is 4.74 Å². The largest absolute Gasteiger partial charge is 0.497 e. The summed E-state index contributed by atoms with van der Waals surface area (Å²) in [5.41, 5.74) is 6.12. The summed E-state index contributed by atoms with van der Waals surface area (Å²) in [7, 11) is 1.66. The first-order valence-corrected chi connectivity index (χ1v) is 7.23. The van der Waals surface area contributed by atoms with Crippen LogP contribution >= 0.6 is 0 Å². The van der Waals surface area contributed by atoms with Crippen molar-refractivity contribution in [3.8, 4) is 28.3 Å². The van der Waals surface area contributed by atoms with E-state index in [4.69, 9.17) is 9.72 Å². The number of hydrogen-bond donors (Lipinski definition) is 0. The highest BCUT2D eigenvalue weighted by atomic mass is 16.5. The normalized spacial score (nSPS) is 10.5. The van der Waals surface area contributed by atoms with Gasteiger partial charge in [0.2, 0.25) is 0 Å². The molecule has 1 aromatic heterocycles. The zero-order valence-electron chi connectivity index (χ0n) is 13.0. The van der Waals surface area contributed by atoms with E-state index < -0.39 is 0 Å². The van der Waals surface area contributed by atoms with Gasteiger partial charge >= 0.3 is 0 Å². The molecule has 3 aromatic rings. The van der Waals surface area contributed by atoms with E-state index in [0.29, 0.717) is 0 Å². The number of benzene rings is 2. The fourth-order valence-corrected chi connectivity index (χ4v) is 2.49. The number of rotatable bonds is 3. The second-order valence-corrected chi connectivity index (χ2v) is 5.23. The van der Waals surface area contributed by atoms with Crippen molar-refractivity contribution in [2.45, 2.75) is 13.8 Å². The van der Waals surface area contributed by atoms with Crippen molar-refractivity contribution in [3.05, 3.63) is 66.0 Å². The molecule has 1 heterocycles. The maximum Gasteiger partial charge on any atom is 0.118 e. The molecule has 3 heteroatoms. The molecule has 0 fully saturated rings. The maximum absolute atomic E-state index is 5.18. The summed E-state index contributed by atoms with van der Waals surface area (Å²) >= 11 is 0. The predicted molar refractivity (Wildman–Crippen MR) is 88.9 cm³/mol. The summed E-state index contributed by atoms with van der Waals surface area (Å²) in [6, 6.07) is 16.1. The van der Waals surface area contributed by atoms with Crippen LogP contribution in [0.2, 0.25) is 0 Å². The van der Waals surface area contributed by atoms with Crippen molar-refractivity contribution in [2.75, 3.05) is 7.11 Å². The minimum absolute atomic E-state index is 0.838. The number of methoxy groups -OCH3 is 1. The van der Waals surface area contributed by atoms with Gasteiger partial charge in [-0.25, -0.2) is 4.98 Å². The number of aromatic nitrogens is 2. The Bertz CT molecular complexity index is 795. The first-order valence-electron chi connectivity index (χ1n) is 7.23. The quantitative estimate of drug-likeness (QED) is 0.715. The summed E-state index contributed by atoms with van der Waals surface area (Å²) in [6.07, 6.45) is 1.83. The van der Waals surface area contributed by atoms with Gasteiger partial charge in [0.15, 0.2) is 0 Å². The minimum Gasteiger partial charge on any atom is -0.497 e. The second-order valence-electron chi connectivity index (χ2n) is 5.23. The molecule has 3 rings (SSSR count). The van der Waals surface area contributed by atoms with E-state index in [1.165, 1.54) is 5.56 Å². The molecule has 0 aliphatic rings. The Morgan fingerprint density at radius 1 is 0.909 bits per heavy atom. The molecule has 0 amide bonds. The van der Waals surface area contributed by atoms with Crippen molar-refractivity contribution < 1.29 is 4.74 Å². The third-order valence-electron chi connectivity index (χ3n) is 3.73. The highest BCUT2D eigenvalue weighted by Gasteiger charge is 2.09. The maximum atomic E-state index is 5.18. The smallest absolute Gasteiger partial charge is 0.118 e. The van der Waals surface area contributed by atoms with Gasteiger partial charge in [-0.1, -0.05) is 24.3 Å². The van der Waals surface area contributed by atoms with Gasteiger partial charge in [0.05, 0.1) is 30.4 Å². The molecule has 3 nitrogen and oxygen atoms in total. The van der Waals surface area contributed by atoms with Crippen molar-refractivity contribution in [2.24, 2.45) is 0 Å². The minimum atomic E-state index is 0.838. The molecule has 0 spiro atoms. The Hall–Kier alpha value is -2.68. The molecule has 0 saturated heterocycles. The van der Waals surface area contributed by atoms with Crippen molar-refractivity contribution in [1.29, 1.82) is 0 Å². The summed E-state index contributed by atoms with van der Waals surface area (Å²) < 4.78 is 5.18. The van der Waals surface area contributed by atoms with E-state index in [2.05, 4.69) is 24.0 Å². The van der Waals surface area contributed by atoms with Gasteiger partial charge in [-0.05, 0) is 43.7 Å². The topological polar surface area (TPSA) is 35.0 Å². The Labute approximate surface area is 130 Å². The van der Waals surface area contributed by atoms with Crippen LogP contribution in [0.3, 0.4) is 0 Å². The summed E-state index contributed by atoms with van der Waals surface area (Å²) in [6.45, 7) is 4.09. The van der Waals surface area contributed by atoms with Gasteiger partial charge in [-0.2, -0.15) is 0 Å². The van der Waals surface area contributed by atoms with Gasteiger partial charge < -0.3 is 4.74 Å². The Kier molecular flexibility index (Phi) is 3.88. The van der Waals surface area contributed by atoms with Crippen LogP contribution in [0.1, 0.15) is 11.3 Å². The van der Waals surface area contributed by atoms with Crippen LogP contribution in [-0.4, -0.2) is 17.1 Å². The second kappa shape index (κ2) is 5.98. The van der Waals surface area contributed by atoms with E-state index in [-0.39, 0.29) is 0 Å². The lowest BCUT2D eigenvalue weighted by Gasteiger charge is -2.09. The van der Waals surface area contributed by atoms with Gasteiger partial charge in [0.1, 0.15) is 5.75 Å². The standard InChI is InChI=1S/C19H18N2O/c1-13-6-4-5-7-17(13)19-14(2)21-18(12-20-19)15-8-10-16(22-3)11-9-15/h4-12H,1-3H3. The van der Waals surface area contributed by atoms with Crippen LogP contribution in [-0.2, 0) is 0 Å². The summed E-state index contributed by atoms with van der Waals surface area (Å²) in [5, 5.41) is 0. The molecular weight excluding hydrogens is 272 g/mol. The lowest BCUT2D eigenvalue weighted by atomic mass is 10.0. The fourth-order valence-electron chi connectivity index (χ4n) is 2.49. The third-order valence-corrected chi connectivity index (χ3v) is 3.73. The number of ether oxygens (including phenoxy) is 1. The van der Waals surface area contributed by atoms with Crippen LogP contribution in [0.25, 0.3) is 22.5 Å². The molecule has 0 bridgehead atoms. The van der Waals surface area contributed by atoms with Crippen molar-refractivity contribution in [3.63, 3.8) is 0 Å². The van der Waals surface area contributed by atoms with E-state index in [9.17, 15) is 0 Å². The molecule has 0 radical (unpaired) electrons. The van der Waals surface area contributed by atoms with E-state index in [1.807, 2.05) is 49.5 Å². The van der Waals surface area contributed by atoms with E-state index >= 15 is 0 Å². The van der Waals surface area contributed by atoms with E-state index in [0.717, 1.165) is 34.0 Å². The summed E-state index contributed by atoms with van der Waals surface area (Å²) in [5.74, 6) is 0.838. The number of aryl methyl sites for hydroxylation is 2. The van der Waals surface area contributed by atoms with Gasteiger partial charge in [0.25, 0.3) is 0 Å². The Morgan fingerprint density at radius 3 is 2.27 bits per heavy atom. The van der Waals surface area contributed by atoms with Crippen molar-refractivity contribution in [1.82, 2.24) is 9.97 Å². The molecule has 0 aliphatic carbocycles. The zero-order chi connectivity index (χ0) is 15.5. The molecule has 0 saturated carbocycles. The van der Waals surface area contributed by atoms with E-state index in [1.54, 1.807) is 7.11 Å². The monoisotopic (exact) mass is 290 g/mol. The van der Waals surface area contributed by atoms with Gasteiger partial charge in [0, 0.05) is 11.1 Å². The van der Waals surface area contributed by atoms with Crippen molar-refractivity contribution >= 4 is 0 Å². The number of hydrogen-bond acceptors (Lipinski definition) is 3. The first-order chi connectivity index (χ1) is 10.7. The van der Waals surface area contributed by atoms with Crippen LogP contribution in [0.4, 0.5) is 0 Å². The Balaban J connectivity index is 2.00. The molecule has 0 unspecified atom stereocenters. The molecule has 0 atom stereocenters. The molecule has 110 valence electrons. The highest BCUT2D eigenvalue weighted by Crippen LogP contribution is 2.26. The Morgan fingerprint density at radius 2 is 1.64 bits per heavy atom. The average Bonchev–Trinajstić information content (AvgIpc) is 2.56. The molecular formula is C19H18N2O. The predicted octanol–water partition coefficient (Wildman–Crippen LogP) is 4.44. The lowest BCUT2D eigenvalue weighted by molar-refractivity contribution is 0.415. The zero-order valence-corrected chi connectivity index (χ0v) is 13.0. The summed E-state index contributed by atoms with van der Waals surface area (Å²) in [4.78, 5) is 9.35. The fraction of sp³-hybridized carbons (Fsp3) is 0.158. The molecule has 22 heavy (non-hydrogen) atoms. The third kappa shape index (κ3) is 2.70. The average molecular weight is 290 g/mol. The van der Waals surface area contributed by atoms with Crippen LogP contribution in [0.15, 0.2) is 54.7 Å². The lowest BCUT2D eigenvalue weighted by Crippen LogP contribution is -1.96. The SMILES string of the molecule is COc1ccc(-c2cnc(-c3ccccc3C)c(C)n2)cc1. The number of nitrogens with zero attached hydrogens (tertiary/aromatic N) is 2. The first kappa shape index (κ1) is 14.3. The van der Waals surface area contributed by atoms with Gasteiger partial charge in [-0.15, -0.1) is 0 Å². The highest BCUT2D eigenvalue weighted by molar-refractivity contribution is 5.68. The van der Waals surface area contributed by atoms with Crippen LogP contribution in [0, 0.1) is 13.8 Å². The van der Waals surface area contributed by atoms with Crippen LogP contribution in [0.5, 0.6) is 5.75 Å². The molecule has 0 N–H and O–H groups in total.